The molecule has 1 aliphatic carbocycles. The Morgan fingerprint density at radius 3 is 1.51 bits per heavy atom. The predicted molar refractivity (Wildman–Crippen MR) is 159 cm³/mol. The van der Waals surface area contributed by atoms with Gasteiger partial charge in [0.25, 0.3) is 0 Å². The van der Waals surface area contributed by atoms with Crippen molar-refractivity contribution in [3.63, 3.8) is 0 Å². The van der Waals surface area contributed by atoms with Crippen LogP contribution in [0.2, 0.25) is 0 Å². The molecule has 0 spiro atoms. The maximum Gasteiger partial charge on any atom is 0.190 e. The van der Waals surface area contributed by atoms with Crippen molar-refractivity contribution >= 4 is 11.6 Å². The normalized spacial score (nSPS) is 15.0. The van der Waals surface area contributed by atoms with E-state index >= 15 is 0 Å². The highest BCUT2D eigenvalue weighted by Gasteiger charge is 2.24. The van der Waals surface area contributed by atoms with Crippen molar-refractivity contribution in [1.29, 1.82) is 0 Å². The van der Waals surface area contributed by atoms with Gasteiger partial charge >= 0.3 is 0 Å². The van der Waals surface area contributed by atoms with Gasteiger partial charge in [0.05, 0.1) is 0 Å². The summed E-state index contributed by atoms with van der Waals surface area (Å²) in [6.07, 6.45) is 22.3. The van der Waals surface area contributed by atoms with E-state index in [1.54, 1.807) is 18.2 Å². The van der Waals surface area contributed by atoms with Crippen LogP contribution in [0.1, 0.15) is 120 Å². The number of carbonyl (C=O) groups is 2. The predicted octanol–water partition coefficient (Wildman–Crippen LogP) is 10.3. The Bertz CT molecular complexity index is 1130. The summed E-state index contributed by atoms with van der Waals surface area (Å²) in [4.78, 5) is 25.0. The van der Waals surface area contributed by atoms with E-state index in [0.29, 0.717) is 23.1 Å². The number of hydrogen-bond donors (Lipinski definition) is 0. The lowest BCUT2D eigenvalue weighted by Gasteiger charge is -2.14. The van der Waals surface area contributed by atoms with Crippen LogP contribution in [0.3, 0.4) is 0 Å². The molecular weight excluding hydrogens is 452 g/mol. The van der Waals surface area contributed by atoms with Crippen LogP contribution in [-0.2, 0) is 0 Å². The quantitative estimate of drug-likeness (QED) is 0.239. The summed E-state index contributed by atoms with van der Waals surface area (Å²) in [6, 6.07) is 7.08. The Hall–Kier alpha value is -3.00. The van der Waals surface area contributed by atoms with Gasteiger partial charge in [0.2, 0.25) is 0 Å². The smallest absolute Gasteiger partial charge is 0.190 e. The molecular formula is C35H46O2. The summed E-state index contributed by atoms with van der Waals surface area (Å²) in [5, 5.41) is 0. The van der Waals surface area contributed by atoms with Gasteiger partial charge in [0.1, 0.15) is 0 Å². The molecule has 2 nitrogen and oxygen atoms in total. The molecule has 1 aliphatic rings. The van der Waals surface area contributed by atoms with Crippen molar-refractivity contribution in [2.45, 2.75) is 99.3 Å². The zero-order chi connectivity index (χ0) is 27.2. The van der Waals surface area contributed by atoms with Gasteiger partial charge in [0, 0.05) is 16.7 Å². The molecule has 0 aliphatic heterocycles. The van der Waals surface area contributed by atoms with Crippen LogP contribution in [0.15, 0.2) is 94.2 Å². The zero-order valence-electron chi connectivity index (χ0n) is 24.0. The van der Waals surface area contributed by atoms with Crippen LogP contribution in [0.5, 0.6) is 0 Å². The highest BCUT2D eigenvalue weighted by molar-refractivity contribution is 6.24. The molecule has 37 heavy (non-hydrogen) atoms. The second-order valence-corrected chi connectivity index (χ2v) is 10.8. The van der Waals surface area contributed by atoms with Crippen molar-refractivity contribution in [2.24, 2.45) is 0 Å². The van der Waals surface area contributed by atoms with E-state index in [4.69, 9.17) is 0 Å². The first kappa shape index (κ1) is 30.2. The van der Waals surface area contributed by atoms with Gasteiger partial charge in [-0.3, -0.25) is 9.59 Å². The van der Waals surface area contributed by atoms with Crippen LogP contribution in [0.4, 0.5) is 0 Å². The van der Waals surface area contributed by atoms with E-state index in [2.05, 4.69) is 71.9 Å². The molecule has 2 rings (SSSR count). The molecule has 0 bridgehead atoms. The Morgan fingerprint density at radius 1 is 0.595 bits per heavy atom. The first-order chi connectivity index (χ1) is 17.7. The first-order valence-corrected chi connectivity index (χ1v) is 13.8. The van der Waals surface area contributed by atoms with E-state index in [1.165, 1.54) is 33.9 Å². The van der Waals surface area contributed by atoms with E-state index in [1.807, 2.05) is 6.07 Å². The van der Waals surface area contributed by atoms with Crippen LogP contribution in [0.25, 0.3) is 0 Å². The monoisotopic (exact) mass is 498 g/mol. The van der Waals surface area contributed by atoms with Crippen molar-refractivity contribution in [2.75, 3.05) is 0 Å². The Morgan fingerprint density at radius 2 is 1.03 bits per heavy atom. The van der Waals surface area contributed by atoms with Gasteiger partial charge < -0.3 is 0 Å². The minimum Gasteiger partial charge on any atom is -0.289 e. The van der Waals surface area contributed by atoms with Gasteiger partial charge in [-0.05, 0) is 105 Å². The van der Waals surface area contributed by atoms with E-state index in [-0.39, 0.29) is 11.6 Å². The summed E-state index contributed by atoms with van der Waals surface area (Å²) >= 11 is 0. The third-order valence-electron chi connectivity index (χ3n) is 6.89. The van der Waals surface area contributed by atoms with Crippen molar-refractivity contribution in [3.8, 4) is 0 Å². The summed E-state index contributed by atoms with van der Waals surface area (Å²) in [6.45, 7) is 13.1. The lowest BCUT2D eigenvalue weighted by Crippen LogP contribution is -2.16. The second-order valence-electron chi connectivity index (χ2n) is 10.8. The van der Waals surface area contributed by atoms with Crippen molar-refractivity contribution < 1.29 is 9.59 Å². The molecule has 1 aromatic carbocycles. The van der Waals surface area contributed by atoms with Gasteiger partial charge in [-0.1, -0.05) is 82.5 Å². The molecule has 0 saturated heterocycles. The number of carbonyl (C=O) groups excluding carboxylic acids is 2. The number of hydrogen-bond acceptors (Lipinski definition) is 2. The summed E-state index contributed by atoms with van der Waals surface area (Å²) < 4.78 is 0. The van der Waals surface area contributed by atoms with E-state index in [0.717, 1.165) is 51.4 Å². The summed E-state index contributed by atoms with van der Waals surface area (Å²) in [7, 11) is 0. The first-order valence-electron chi connectivity index (χ1n) is 13.8. The summed E-state index contributed by atoms with van der Waals surface area (Å²) in [5.41, 5.74) is 8.69. The molecule has 1 aromatic rings. The molecule has 0 saturated carbocycles. The van der Waals surface area contributed by atoms with Gasteiger partial charge in [0.15, 0.2) is 11.6 Å². The minimum absolute atomic E-state index is 0.0241. The fraction of sp³-hybridized carbons (Fsp3) is 0.429. The third kappa shape index (κ3) is 11.3. The van der Waals surface area contributed by atoms with Crippen LogP contribution < -0.4 is 0 Å². The molecule has 2 heteroatoms. The maximum atomic E-state index is 12.7. The number of benzene rings is 1. The molecule has 0 aromatic heterocycles. The fourth-order valence-electron chi connectivity index (χ4n) is 4.44. The number of fused-ring (bicyclic) bond motifs is 1. The second kappa shape index (κ2) is 16.0. The van der Waals surface area contributed by atoms with Crippen LogP contribution in [-0.4, -0.2) is 11.6 Å². The lowest BCUT2D eigenvalue weighted by molar-refractivity contribution is 0.0983. The number of Topliss-reactive ketones (excluding diaryl/α,β-unsaturated/α-hetero) is 1. The molecule has 0 N–H and O–H groups in total. The number of ketones is 2. The molecule has 0 radical (unpaired) electrons. The summed E-state index contributed by atoms with van der Waals surface area (Å²) in [5.74, 6) is -0.0928. The zero-order valence-corrected chi connectivity index (χ0v) is 24.0. The number of rotatable bonds is 14. The third-order valence-corrected chi connectivity index (χ3v) is 6.89. The average Bonchev–Trinajstić information content (AvgIpc) is 2.85. The lowest BCUT2D eigenvalue weighted by atomic mass is 9.88. The average molecular weight is 499 g/mol. The number of allylic oxidation sites excluding steroid dienone is 12. The highest BCUT2D eigenvalue weighted by atomic mass is 16.1. The molecule has 0 fully saturated rings. The van der Waals surface area contributed by atoms with Gasteiger partial charge in [-0.2, -0.15) is 0 Å². The van der Waals surface area contributed by atoms with E-state index < -0.39 is 0 Å². The van der Waals surface area contributed by atoms with Crippen LogP contribution >= 0.6 is 0 Å². The van der Waals surface area contributed by atoms with E-state index in [9.17, 15) is 9.59 Å². The molecule has 0 atom stereocenters. The SMILES string of the molecule is CC(C)=CCCC(C)=CCCC(C)=CCCC(C)=CCCC(C)=CCC1=CC(=O)c2ccccc2C1=O. The molecule has 198 valence electrons. The Balaban J connectivity index is 1.70. The van der Waals surface area contributed by atoms with Crippen LogP contribution in [0, 0.1) is 0 Å². The standard InChI is InChI=1S/C35H46O2/c1-26(2)13-9-14-27(3)15-10-16-28(4)17-11-18-29(5)19-12-20-30(6)23-24-31-25-34(36)32-21-7-8-22-33(32)35(31)37/h7-8,13,15,17,19,21-23,25H,9-12,14,16,18,20,24H2,1-6H3. The molecule has 0 heterocycles. The van der Waals surface area contributed by atoms with Gasteiger partial charge in [-0.25, -0.2) is 0 Å². The Labute approximate surface area is 225 Å². The molecule has 0 amide bonds. The largest absolute Gasteiger partial charge is 0.289 e. The van der Waals surface area contributed by atoms with Crippen molar-refractivity contribution in [3.05, 3.63) is 105 Å². The topological polar surface area (TPSA) is 34.1 Å². The highest BCUT2D eigenvalue weighted by Crippen LogP contribution is 2.24. The fourth-order valence-corrected chi connectivity index (χ4v) is 4.44. The Kier molecular flexibility index (Phi) is 13.0. The minimum atomic E-state index is -0.0687. The maximum absolute atomic E-state index is 12.7. The van der Waals surface area contributed by atoms with Gasteiger partial charge in [-0.15, -0.1) is 0 Å². The molecule has 0 unspecified atom stereocenters. The van der Waals surface area contributed by atoms with Crippen molar-refractivity contribution in [1.82, 2.24) is 0 Å².